The maximum absolute atomic E-state index is 15.0. The van der Waals surface area contributed by atoms with Gasteiger partial charge in [0.2, 0.25) is 5.88 Å². The highest BCUT2D eigenvalue weighted by Crippen LogP contribution is 2.54. The van der Waals surface area contributed by atoms with Gasteiger partial charge in [0.25, 0.3) is 15.9 Å². The number of hydrogen-bond donors (Lipinski definition) is 0. The Morgan fingerprint density at radius 3 is 2.52 bits per heavy atom. The van der Waals surface area contributed by atoms with Crippen molar-refractivity contribution in [2.75, 3.05) is 45.9 Å². The second-order valence-corrected chi connectivity index (χ2v) is 11.7. The number of carbonyl (C=O) groups excluding carboxylic acids is 1. The number of likely N-dealkylation sites (tertiary alicyclic amines) is 1. The van der Waals surface area contributed by atoms with Gasteiger partial charge in [-0.3, -0.25) is 9.69 Å². The van der Waals surface area contributed by atoms with Crippen molar-refractivity contribution in [1.29, 1.82) is 0 Å². The van der Waals surface area contributed by atoms with Gasteiger partial charge in [0.1, 0.15) is 16.4 Å². The Bertz CT molecular complexity index is 1550. The molecule has 5 rings (SSSR count). The van der Waals surface area contributed by atoms with Crippen LogP contribution in [0.2, 0.25) is 5.02 Å². The SMILES string of the molecule is COCC1CCCN1C1(c2cccnc2OC)C(=O)N(S(=O)(=O)c2ccc(OC)cc2OC)c2ccc(Cl)cc21. The molecular weight excluding hydrogens is 558 g/mol. The van der Waals surface area contributed by atoms with E-state index in [-0.39, 0.29) is 28.3 Å². The molecule has 40 heavy (non-hydrogen) atoms. The number of nitrogens with zero attached hydrogens (tertiary/aromatic N) is 3. The molecule has 1 fully saturated rings. The first-order valence-corrected chi connectivity index (χ1v) is 14.4. The number of methoxy groups -OCH3 is 4. The predicted molar refractivity (Wildman–Crippen MR) is 149 cm³/mol. The number of ether oxygens (including phenoxy) is 4. The Morgan fingerprint density at radius 2 is 1.82 bits per heavy atom. The number of aromatic nitrogens is 1. The van der Waals surface area contributed by atoms with Gasteiger partial charge in [0.15, 0.2) is 5.54 Å². The zero-order valence-corrected chi connectivity index (χ0v) is 24.2. The summed E-state index contributed by atoms with van der Waals surface area (Å²) >= 11 is 6.52. The number of halogens is 1. The molecule has 2 atom stereocenters. The number of carbonyl (C=O) groups is 1. The molecule has 3 heterocycles. The first kappa shape index (κ1) is 28.2. The van der Waals surface area contributed by atoms with Crippen LogP contribution in [0.25, 0.3) is 0 Å². The standard InChI is InChI=1S/C28H30ClN3O7S/c1-36-17-19-7-6-14-31(19)28(21-8-5-13-30-26(21)39-4)22-15-18(29)9-11-23(22)32(27(28)33)40(34,35)25-12-10-20(37-2)16-24(25)38-3/h5,8-13,15-16,19H,6-7,14,17H2,1-4H3. The molecule has 0 spiro atoms. The molecule has 2 aromatic carbocycles. The Hall–Kier alpha value is -3.38. The quantitative estimate of drug-likeness (QED) is 0.369. The smallest absolute Gasteiger partial charge is 0.274 e. The largest absolute Gasteiger partial charge is 0.497 e. The van der Waals surface area contributed by atoms with E-state index >= 15 is 4.79 Å². The van der Waals surface area contributed by atoms with E-state index in [1.807, 2.05) is 4.90 Å². The van der Waals surface area contributed by atoms with Gasteiger partial charge >= 0.3 is 0 Å². The second kappa shape index (κ2) is 10.9. The molecule has 3 aromatic rings. The van der Waals surface area contributed by atoms with E-state index in [4.69, 9.17) is 30.5 Å². The van der Waals surface area contributed by atoms with E-state index in [0.717, 1.165) is 17.1 Å². The Kier molecular flexibility index (Phi) is 7.66. The van der Waals surface area contributed by atoms with Gasteiger partial charge in [-0.25, -0.2) is 17.7 Å². The van der Waals surface area contributed by atoms with Crippen LogP contribution in [0, 0.1) is 0 Å². The van der Waals surface area contributed by atoms with Crippen LogP contribution in [-0.4, -0.2) is 71.8 Å². The number of rotatable bonds is 9. The van der Waals surface area contributed by atoms with E-state index in [1.165, 1.54) is 39.5 Å². The van der Waals surface area contributed by atoms with Crippen molar-refractivity contribution in [2.24, 2.45) is 0 Å². The molecule has 0 bridgehead atoms. The molecule has 0 aliphatic carbocycles. The summed E-state index contributed by atoms with van der Waals surface area (Å²) in [6.07, 6.45) is 3.09. The normalized spacial score (nSPS) is 21.0. The molecule has 1 aromatic heterocycles. The highest BCUT2D eigenvalue weighted by molar-refractivity contribution is 7.93. The van der Waals surface area contributed by atoms with E-state index in [0.29, 0.717) is 35.1 Å². The molecule has 212 valence electrons. The van der Waals surface area contributed by atoms with E-state index in [2.05, 4.69) is 4.98 Å². The molecule has 1 saturated heterocycles. The van der Waals surface area contributed by atoms with Gasteiger partial charge in [0.05, 0.1) is 33.6 Å². The Morgan fingerprint density at radius 1 is 1.02 bits per heavy atom. The van der Waals surface area contributed by atoms with Gasteiger partial charge in [-0.2, -0.15) is 0 Å². The number of fused-ring (bicyclic) bond motifs is 1. The summed E-state index contributed by atoms with van der Waals surface area (Å²) in [4.78, 5) is 21.2. The van der Waals surface area contributed by atoms with Gasteiger partial charge in [-0.05, 0) is 55.3 Å². The summed E-state index contributed by atoms with van der Waals surface area (Å²) in [7, 11) is 1.39. The summed E-state index contributed by atoms with van der Waals surface area (Å²) in [5.41, 5.74) is -0.614. The molecule has 2 unspecified atom stereocenters. The molecule has 1 amide bonds. The van der Waals surface area contributed by atoms with Crippen molar-refractivity contribution in [3.8, 4) is 17.4 Å². The van der Waals surface area contributed by atoms with Gasteiger partial charge in [0, 0.05) is 48.1 Å². The Labute approximate surface area is 238 Å². The van der Waals surface area contributed by atoms with Crippen LogP contribution >= 0.6 is 11.6 Å². The summed E-state index contributed by atoms with van der Waals surface area (Å²) in [6, 6.07) is 12.3. The van der Waals surface area contributed by atoms with Gasteiger partial charge < -0.3 is 18.9 Å². The minimum Gasteiger partial charge on any atom is -0.497 e. The number of hydrogen-bond acceptors (Lipinski definition) is 9. The molecule has 10 nitrogen and oxygen atoms in total. The fourth-order valence-electron chi connectivity index (χ4n) is 5.84. The maximum Gasteiger partial charge on any atom is 0.274 e. The van der Waals surface area contributed by atoms with Crippen LogP contribution in [-0.2, 0) is 25.1 Å². The average molecular weight is 588 g/mol. The molecule has 0 N–H and O–H groups in total. The summed E-state index contributed by atoms with van der Waals surface area (Å²) in [5, 5.41) is 0.350. The van der Waals surface area contributed by atoms with Crippen LogP contribution in [0.4, 0.5) is 5.69 Å². The average Bonchev–Trinajstić information content (AvgIpc) is 3.52. The lowest BCUT2D eigenvalue weighted by Crippen LogP contribution is -2.57. The Balaban J connectivity index is 1.83. The molecule has 12 heteroatoms. The van der Waals surface area contributed by atoms with Crippen molar-refractivity contribution in [2.45, 2.75) is 29.3 Å². The fraction of sp³-hybridized carbons (Fsp3) is 0.357. The molecular formula is C28H30ClN3O7S. The predicted octanol–water partition coefficient (Wildman–Crippen LogP) is 3.85. The lowest BCUT2D eigenvalue weighted by molar-refractivity contribution is -0.127. The number of benzene rings is 2. The first-order chi connectivity index (χ1) is 19.2. The van der Waals surface area contributed by atoms with Crippen LogP contribution in [0.1, 0.15) is 24.0 Å². The number of sulfonamides is 1. The third-order valence-electron chi connectivity index (χ3n) is 7.47. The van der Waals surface area contributed by atoms with E-state index in [9.17, 15) is 8.42 Å². The monoisotopic (exact) mass is 587 g/mol. The molecule has 0 saturated carbocycles. The minimum absolute atomic E-state index is 0.0394. The van der Waals surface area contributed by atoms with Crippen LogP contribution in [0.5, 0.6) is 17.4 Å². The first-order valence-electron chi connectivity index (χ1n) is 12.6. The van der Waals surface area contributed by atoms with Crippen LogP contribution in [0.15, 0.2) is 59.6 Å². The second-order valence-electron chi connectivity index (χ2n) is 9.47. The van der Waals surface area contributed by atoms with Crippen molar-refractivity contribution in [3.05, 3.63) is 70.9 Å². The fourth-order valence-corrected chi connectivity index (χ4v) is 7.61. The number of anilines is 1. The zero-order chi connectivity index (χ0) is 28.7. The van der Waals surface area contributed by atoms with Crippen LogP contribution in [0.3, 0.4) is 0 Å². The van der Waals surface area contributed by atoms with E-state index in [1.54, 1.807) is 43.6 Å². The lowest BCUT2D eigenvalue weighted by atomic mass is 9.82. The summed E-state index contributed by atoms with van der Waals surface area (Å²) in [6.45, 7) is 0.843. The topological polar surface area (TPSA) is 108 Å². The van der Waals surface area contributed by atoms with Crippen molar-refractivity contribution < 1.29 is 32.2 Å². The highest BCUT2D eigenvalue weighted by Gasteiger charge is 2.62. The van der Waals surface area contributed by atoms with Gasteiger partial charge in [-0.1, -0.05) is 11.6 Å². The van der Waals surface area contributed by atoms with Gasteiger partial charge in [-0.15, -0.1) is 0 Å². The van der Waals surface area contributed by atoms with E-state index < -0.39 is 21.5 Å². The van der Waals surface area contributed by atoms with Crippen LogP contribution < -0.4 is 18.5 Å². The zero-order valence-electron chi connectivity index (χ0n) is 22.6. The highest BCUT2D eigenvalue weighted by atomic mass is 35.5. The summed E-state index contributed by atoms with van der Waals surface area (Å²) < 4.78 is 51.5. The van der Waals surface area contributed by atoms with Crippen molar-refractivity contribution in [1.82, 2.24) is 9.88 Å². The molecule has 0 radical (unpaired) electrons. The third-order valence-corrected chi connectivity index (χ3v) is 9.44. The lowest BCUT2D eigenvalue weighted by Gasteiger charge is -2.41. The third kappa shape index (κ3) is 4.19. The number of amides is 1. The molecule has 2 aliphatic rings. The van der Waals surface area contributed by atoms with Crippen molar-refractivity contribution >= 4 is 33.2 Å². The molecule has 2 aliphatic heterocycles. The summed E-state index contributed by atoms with van der Waals surface area (Å²) in [5.74, 6) is -0.0507. The minimum atomic E-state index is -4.50. The van der Waals surface area contributed by atoms with Crippen molar-refractivity contribution in [3.63, 3.8) is 0 Å². The maximum atomic E-state index is 15.0. The number of pyridine rings is 1.